The number of benzene rings is 1. The summed E-state index contributed by atoms with van der Waals surface area (Å²) >= 11 is 0. The van der Waals surface area contributed by atoms with Gasteiger partial charge in [-0.25, -0.2) is 0 Å². The van der Waals surface area contributed by atoms with E-state index in [9.17, 15) is 9.59 Å². The molecular formula is C14H18N3O2P. The number of Topliss-reactive ketones (excluding diaryl/α,β-unsaturated/α-hetero) is 1. The van der Waals surface area contributed by atoms with Crippen LogP contribution in [0.5, 0.6) is 0 Å². The first kappa shape index (κ1) is 13.7. The van der Waals surface area contributed by atoms with Gasteiger partial charge in [0.05, 0.1) is 6.04 Å². The summed E-state index contributed by atoms with van der Waals surface area (Å²) in [6.45, 7) is 3.86. The number of carbonyl (C=O) groups excluding carboxylic acids is 2. The van der Waals surface area contributed by atoms with E-state index >= 15 is 0 Å². The van der Waals surface area contributed by atoms with Crippen LogP contribution in [0.25, 0.3) is 0 Å². The number of hydrogen-bond donors (Lipinski definition) is 1. The van der Waals surface area contributed by atoms with Crippen molar-refractivity contribution in [2.24, 2.45) is 0 Å². The SMILES string of the molecule is O=C1C(=O)N(c2ccc(P)cc2)CC1N1CCNCC1. The highest BCUT2D eigenvalue weighted by Crippen LogP contribution is 2.22. The summed E-state index contributed by atoms with van der Waals surface area (Å²) in [7, 11) is 2.61. The Morgan fingerprint density at radius 2 is 1.75 bits per heavy atom. The van der Waals surface area contributed by atoms with Crippen LogP contribution in [0.1, 0.15) is 0 Å². The fourth-order valence-corrected chi connectivity index (χ4v) is 2.96. The fraction of sp³-hybridized carbons (Fsp3) is 0.429. The van der Waals surface area contributed by atoms with Crippen LogP contribution in [0.3, 0.4) is 0 Å². The lowest BCUT2D eigenvalue weighted by atomic mass is 10.2. The minimum absolute atomic E-state index is 0.276. The Labute approximate surface area is 120 Å². The van der Waals surface area contributed by atoms with Crippen molar-refractivity contribution < 1.29 is 9.59 Å². The summed E-state index contributed by atoms with van der Waals surface area (Å²) in [5, 5.41) is 4.32. The van der Waals surface area contributed by atoms with Gasteiger partial charge in [-0.2, -0.15) is 0 Å². The molecule has 2 aliphatic rings. The zero-order valence-corrected chi connectivity index (χ0v) is 12.4. The fourth-order valence-electron chi connectivity index (χ4n) is 2.77. The quantitative estimate of drug-likeness (QED) is 0.583. The van der Waals surface area contributed by atoms with Crippen molar-refractivity contribution in [3.63, 3.8) is 0 Å². The molecule has 1 aromatic carbocycles. The van der Waals surface area contributed by atoms with Gasteiger partial charge in [0.2, 0.25) is 5.78 Å². The van der Waals surface area contributed by atoms with Gasteiger partial charge < -0.3 is 10.2 Å². The summed E-state index contributed by atoms with van der Waals surface area (Å²) in [5.41, 5.74) is 0.798. The van der Waals surface area contributed by atoms with E-state index in [0.29, 0.717) is 6.54 Å². The average Bonchev–Trinajstić information content (AvgIpc) is 2.77. The van der Waals surface area contributed by atoms with E-state index in [4.69, 9.17) is 0 Å². The minimum Gasteiger partial charge on any atom is -0.314 e. The normalized spacial score (nSPS) is 24.4. The van der Waals surface area contributed by atoms with Gasteiger partial charge in [0.25, 0.3) is 5.91 Å². The molecule has 2 unspecified atom stereocenters. The molecule has 0 aromatic heterocycles. The molecule has 2 fully saturated rings. The van der Waals surface area contributed by atoms with E-state index in [1.807, 2.05) is 24.3 Å². The van der Waals surface area contributed by atoms with Crippen molar-refractivity contribution in [3.8, 4) is 0 Å². The lowest BCUT2D eigenvalue weighted by molar-refractivity contribution is -0.136. The van der Waals surface area contributed by atoms with Crippen LogP contribution >= 0.6 is 9.24 Å². The van der Waals surface area contributed by atoms with Crippen molar-refractivity contribution in [1.82, 2.24) is 10.2 Å². The van der Waals surface area contributed by atoms with Crippen LogP contribution < -0.4 is 15.5 Å². The third-order valence-electron chi connectivity index (χ3n) is 3.91. The molecule has 106 valence electrons. The largest absolute Gasteiger partial charge is 0.314 e. The molecular weight excluding hydrogens is 273 g/mol. The maximum atomic E-state index is 12.2. The van der Waals surface area contributed by atoms with Gasteiger partial charge in [-0.1, -0.05) is 12.1 Å². The average molecular weight is 291 g/mol. The number of amides is 1. The van der Waals surface area contributed by atoms with Crippen LogP contribution in [0, 0.1) is 0 Å². The summed E-state index contributed by atoms with van der Waals surface area (Å²) < 4.78 is 0. The Balaban J connectivity index is 1.79. The van der Waals surface area contributed by atoms with Gasteiger partial charge in [0, 0.05) is 38.4 Å². The van der Waals surface area contributed by atoms with Gasteiger partial charge in [-0.05, 0) is 17.4 Å². The zero-order valence-electron chi connectivity index (χ0n) is 11.2. The van der Waals surface area contributed by atoms with Gasteiger partial charge in [0.1, 0.15) is 0 Å². The van der Waals surface area contributed by atoms with Crippen molar-refractivity contribution in [3.05, 3.63) is 24.3 Å². The summed E-state index contributed by atoms with van der Waals surface area (Å²) in [4.78, 5) is 28.1. The van der Waals surface area contributed by atoms with E-state index < -0.39 is 0 Å². The molecule has 1 aromatic rings. The summed E-state index contributed by atoms with van der Waals surface area (Å²) in [6.07, 6.45) is 0. The first-order valence-electron chi connectivity index (χ1n) is 6.83. The Kier molecular flexibility index (Phi) is 3.83. The number of piperazine rings is 1. The summed E-state index contributed by atoms with van der Waals surface area (Å²) in [6, 6.07) is 7.33. The number of nitrogens with zero attached hydrogens (tertiary/aromatic N) is 2. The third kappa shape index (κ3) is 2.49. The summed E-state index contributed by atoms with van der Waals surface area (Å²) in [5.74, 6) is -0.660. The number of nitrogens with one attached hydrogen (secondary N) is 1. The second-order valence-electron chi connectivity index (χ2n) is 5.17. The standard InChI is InChI=1S/C14H18N3O2P/c18-13-12(16-7-5-15-6-8-16)9-17(14(13)19)10-1-3-11(20)4-2-10/h1-4,12,15H,5-9,20H2. The van der Waals surface area contributed by atoms with E-state index in [2.05, 4.69) is 19.5 Å². The number of hydrogen-bond acceptors (Lipinski definition) is 4. The van der Waals surface area contributed by atoms with Crippen molar-refractivity contribution >= 4 is 31.9 Å². The first-order chi connectivity index (χ1) is 9.66. The molecule has 5 nitrogen and oxygen atoms in total. The zero-order chi connectivity index (χ0) is 14.1. The highest BCUT2D eigenvalue weighted by atomic mass is 31.0. The second-order valence-corrected chi connectivity index (χ2v) is 5.84. The van der Waals surface area contributed by atoms with Gasteiger partial charge >= 0.3 is 0 Å². The maximum absolute atomic E-state index is 12.2. The topological polar surface area (TPSA) is 52.7 Å². The van der Waals surface area contributed by atoms with Gasteiger partial charge in [0.15, 0.2) is 0 Å². The van der Waals surface area contributed by atoms with Crippen LogP contribution in [0.4, 0.5) is 5.69 Å². The van der Waals surface area contributed by atoms with E-state index in [1.165, 1.54) is 0 Å². The van der Waals surface area contributed by atoms with Crippen molar-refractivity contribution in [1.29, 1.82) is 0 Å². The highest BCUT2D eigenvalue weighted by Gasteiger charge is 2.42. The van der Waals surface area contributed by atoms with Crippen LogP contribution in [-0.4, -0.2) is 55.4 Å². The van der Waals surface area contributed by atoms with Crippen LogP contribution in [0.15, 0.2) is 24.3 Å². The molecule has 1 amide bonds. The molecule has 3 rings (SSSR count). The first-order valence-corrected chi connectivity index (χ1v) is 7.40. The van der Waals surface area contributed by atoms with Crippen LogP contribution in [0.2, 0.25) is 0 Å². The molecule has 1 N–H and O–H groups in total. The number of anilines is 1. The highest BCUT2D eigenvalue weighted by molar-refractivity contribution is 7.27. The maximum Gasteiger partial charge on any atom is 0.296 e. The van der Waals surface area contributed by atoms with E-state index in [1.54, 1.807) is 4.90 Å². The Morgan fingerprint density at radius 1 is 1.10 bits per heavy atom. The predicted octanol–water partition coefficient (Wildman–Crippen LogP) is -0.623. The van der Waals surface area contributed by atoms with E-state index in [-0.39, 0.29) is 17.7 Å². The van der Waals surface area contributed by atoms with Crippen LogP contribution in [-0.2, 0) is 9.59 Å². The van der Waals surface area contributed by atoms with Crippen molar-refractivity contribution in [2.45, 2.75) is 6.04 Å². The van der Waals surface area contributed by atoms with E-state index in [0.717, 1.165) is 37.2 Å². The molecule has 0 aliphatic carbocycles. The second kappa shape index (κ2) is 5.60. The molecule has 0 bridgehead atoms. The number of ketones is 1. The number of carbonyl (C=O) groups is 2. The molecule has 0 saturated carbocycles. The smallest absolute Gasteiger partial charge is 0.296 e. The monoisotopic (exact) mass is 291 g/mol. The minimum atomic E-state index is -0.384. The van der Waals surface area contributed by atoms with Crippen molar-refractivity contribution in [2.75, 3.05) is 37.6 Å². The third-order valence-corrected chi connectivity index (χ3v) is 4.30. The molecule has 0 spiro atoms. The van der Waals surface area contributed by atoms with Gasteiger partial charge in [-0.3, -0.25) is 14.5 Å². The molecule has 2 heterocycles. The molecule has 2 saturated heterocycles. The molecule has 6 heteroatoms. The molecule has 2 aliphatic heterocycles. The lowest BCUT2D eigenvalue weighted by Gasteiger charge is -2.31. The Morgan fingerprint density at radius 3 is 2.40 bits per heavy atom. The molecule has 20 heavy (non-hydrogen) atoms. The predicted molar refractivity (Wildman–Crippen MR) is 81.4 cm³/mol. The number of rotatable bonds is 2. The lowest BCUT2D eigenvalue weighted by Crippen LogP contribution is -2.51. The molecule has 2 atom stereocenters. The molecule has 0 radical (unpaired) electrons. The Bertz CT molecular complexity index is 526. The Hall–Kier alpha value is -1.29. The van der Waals surface area contributed by atoms with Gasteiger partial charge in [-0.15, -0.1) is 9.24 Å².